The number of carbonyl (C=O) groups excluding carboxylic acids is 1. The molecule has 0 aromatic heterocycles. The highest BCUT2D eigenvalue weighted by atomic mass is 32.2. The van der Waals surface area contributed by atoms with Crippen LogP contribution >= 0.6 is 0 Å². The molecule has 0 aliphatic carbocycles. The maximum Gasteiger partial charge on any atom is 0.303 e. The van der Waals surface area contributed by atoms with Gasteiger partial charge in [-0.2, -0.15) is 4.31 Å². The molecule has 0 spiro atoms. The van der Waals surface area contributed by atoms with Crippen LogP contribution < -0.4 is 5.32 Å². The molecule has 0 radical (unpaired) electrons. The van der Waals surface area contributed by atoms with Crippen LogP contribution in [0.4, 0.5) is 0 Å². The molecule has 1 aliphatic rings. The fourth-order valence-corrected chi connectivity index (χ4v) is 5.02. The first-order valence-corrected chi connectivity index (χ1v) is 10.2. The van der Waals surface area contributed by atoms with Crippen LogP contribution in [0.3, 0.4) is 0 Å². The minimum Gasteiger partial charge on any atom is -0.481 e. The van der Waals surface area contributed by atoms with Crippen molar-refractivity contribution >= 4 is 21.9 Å². The Morgan fingerprint density at radius 2 is 1.88 bits per heavy atom. The first kappa shape index (κ1) is 20.4. The molecular formula is C18H26N2O5S. The van der Waals surface area contributed by atoms with Crippen molar-refractivity contribution in [2.24, 2.45) is 11.8 Å². The van der Waals surface area contributed by atoms with E-state index in [0.717, 1.165) is 6.42 Å². The number of hydrogen-bond donors (Lipinski definition) is 2. The molecule has 0 saturated carbocycles. The standard InChI is InChI=1S/C18H26N2O5S/c1-13-9-14(2)12-20(11-13)26(24,25)16-6-3-5-15(10-16)18(23)19-8-4-7-17(21)22/h3,5-6,10,13-14H,4,7-9,11-12H2,1-2H3,(H,19,23)(H,21,22). The van der Waals surface area contributed by atoms with Crippen LogP contribution in [0.15, 0.2) is 29.2 Å². The molecule has 1 fully saturated rings. The van der Waals surface area contributed by atoms with E-state index in [9.17, 15) is 18.0 Å². The summed E-state index contributed by atoms with van der Waals surface area (Å²) in [5.41, 5.74) is 0.250. The van der Waals surface area contributed by atoms with Gasteiger partial charge in [0, 0.05) is 31.6 Å². The van der Waals surface area contributed by atoms with E-state index in [1.54, 1.807) is 12.1 Å². The Balaban J connectivity index is 2.09. The first-order valence-electron chi connectivity index (χ1n) is 8.80. The Morgan fingerprint density at radius 3 is 2.50 bits per heavy atom. The molecule has 1 amide bonds. The van der Waals surface area contributed by atoms with Gasteiger partial charge in [-0.3, -0.25) is 9.59 Å². The normalized spacial score (nSPS) is 21.3. The molecule has 7 nitrogen and oxygen atoms in total. The first-order chi connectivity index (χ1) is 12.2. The molecule has 26 heavy (non-hydrogen) atoms. The quantitative estimate of drug-likeness (QED) is 0.702. The maximum absolute atomic E-state index is 12.9. The molecule has 1 aliphatic heterocycles. The number of carboxylic acid groups (broad SMARTS) is 1. The number of piperidine rings is 1. The summed E-state index contributed by atoms with van der Waals surface area (Å²) in [6.45, 7) is 5.28. The van der Waals surface area contributed by atoms with Crippen molar-refractivity contribution in [1.82, 2.24) is 9.62 Å². The van der Waals surface area contributed by atoms with E-state index in [1.807, 2.05) is 13.8 Å². The number of nitrogens with one attached hydrogen (secondary N) is 1. The SMILES string of the molecule is CC1CC(C)CN(S(=O)(=O)c2cccc(C(=O)NCCCC(=O)O)c2)C1. The Bertz CT molecular complexity index is 753. The molecule has 1 aromatic rings. The topological polar surface area (TPSA) is 104 Å². The Hall–Kier alpha value is -1.93. The number of nitrogens with zero attached hydrogens (tertiary/aromatic N) is 1. The van der Waals surface area contributed by atoms with Gasteiger partial charge < -0.3 is 10.4 Å². The predicted molar refractivity (Wildman–Crippen MR) is 97.3 cm³/mol. The minimum atomic E-state index is -3.64. The van der Waals surface area contributed by atoms with Gasteiger partial charge >= 0.3 is 5.97 Å². The Kier molecular flexibility index (Phi) is 6.77. The van der Waals surface area contributed by atoms with Gasteiger partial charge in [0.1, 0.15) is 0 Å². The van der Waals surface area contributed by atoms with E-state index in [2.05, 4.69) is 5.32 Å². The van der Waals surface area contributed by atoms with Gasteiger partial charge in [0.15, 0.2) is 0 Å². The van der Waals surface area contributed by atoms with Gasteiger partial charge in [0.2, 0.25) is 10.0 Å². The second kappa shape index (κ2) is 8.64. The summed E-state index contributed by atoms with van der Waals surface area (Å²) in [5, 5.41) is 11.2. The smallest absolute Gasteiger partial charge is 0.303 e. The summed E-state index contributed by atoms with van der Waals surface area (Å²) in [4.78, 5) is 22.8. The largest absolute Gasteiger partial charge is 0.481 e. The lowest BCUT2D eigenvalue weighted by atomic mass is 9.94. The number of hydrogen-bond acceptors (Lipinski definition) is 4. The highest BCUT2D eigenvalue weighted by Gasteiger charge is 2.31. The van der Waals surface area contributed by atoms with Gasteiger partial charge in [-0.15, -0.1) is 0 Å². The fourth-order valence-electron chi connectivity index (χ4n) is 3.29. The summed E-state index contributed by atoms with van der Waals surface area (Å²) in [6, 6.07) is 5.98. The molecular weight excluding hydrogens is 356 g/mol. The summed E-state index contributed by atoms with van der Waals surface area (Å²) in [7, 11) is -3.64. The van der Waals surface area contributed by atoms with Gasteiger partial charge in [0.05, 0.1) is 4.90 Å². The number of benzene rings is 1. The average molecular weight is 382 g/mol. The van der Waals surface area contributed by atoms with E-state index in [4.69, 9.17) is 5.11 Å². The van der Waals surface area contributed by atoms with Crippen molar-refractivity contribution in [2.75, 3.05) is 19.6 Å². The number of sulfonamides is 1. The number of amides is 1. The van der Waals surface area contributed by atoms with E-state index in [1.165, 1.54) is 16.4 Å². The zero-order valence-corrected chi connectivity index (χ0v) is 16.0. The van der Waals surface area contributed by atoms with Crippen molar-refractivity contribution in [2.45, 2.75) is 38.0 Å². The summed E-state index contributed by atoms with van der Waals surface area (Å²) < 4.78 is 27.3. The molecule has 2 atom stereocenters. The molecule has 0 bridgehead atoms. The van der Waals surface area contributed by atoms with Crippen LogP contribution in [0.2, 0.25) is 0 Å². The zero-order chi connectivity index (χ0) is 19.3. The van der Waals surface area contributed by atoms with Gasteiger partial charge in [0.25, 0.3) is 5.91 Å². The second-order valence-electron chi connectivity index (χ2n) is 7.05. The lowest BCUT2D eigenvalue weighted by molar-refractivity contribution is -0.137. The van der Waals surface area contributed by atoms with Crippen molar-refractivity contribution in [3.8, 4) is 0 Å². The average Bonchev–Trinajstić information content (AvgIpc) is 2.57. The van der Waals surface area contributed by atoms with Crippen LogP contribution in [0.1, 0.15) is 43.5 Å². The maximum atomic E-state index is 12.9. The van der Waals surface area contributed by atoms with E-state index in [0.29, 0.717) is 31.3 Å². The second-order valence-corrected chi connectivity index (χ2v) is 8.99. The van der Waals surface area contributed by atoms with Crippen molar-refractivity contribution in [3.05, 3.63) is 29.8 Å². The third-order valence-corrected chi connectivity index (χ3v) is 6.25. The number of rotatable bonds is 7. The summed E-state index contributed by atoms with van der Waals surface area (Å²) in [5.74, 6) is -0.728. The highest BCUT2D eigenvalue weighted by Crippen LogP contribution is 2.27. The van der Waals surface area contributed by atoms with Crippen LogP contribution in [-0.4, -0.2) is 49.3 Å². The molecule has 2 rings (SSSR count). The van der Waals surface area contributed by atoms with Crippen molar-refractivity contribution in [3.63, 3.8) is 0 Å². The Morgan fingerprint density at radius 1 is 1.23 bits per heavy atom. The number of carbonyl (C=O) groups is 2. The highest BCUT2D eigenvalue weighted by molar-refractivity contribution is 7.89. The molecule has 144 valence electrons. The molecule has 8 heteroatoms. The number of aliphatic carboxylic acids is 1. The monoisotopic (exact) mass is 382 g/mol. The van der Waals surface area contributed by atoms with E-state index >= 15 is 0 Å². The lowest BCUT2D eigenvalue weighted by Gasteiger charge is -2.34. The van der Waals surface area contributed by atoms with Crippen LogP contribution in [-0.2, 0) is 14.8 Å². The molecule has 2 unspecified atom stereocenters. The van der Waals surface area contributed by atoms with E-state index < -0.39 is 21.9 Å². The minimum absolute atomic E-state index is 0.0278. The molecule has 1 saturated heterocycles. The third kappa shape index (κ3) is 5.28. The Labute approximate surface area is 154 Å². The number of carboxylic acids is 1. The van der Waals surface area contributed by atoms with Gasteiger partial charge in [-0.05, 0) is 42.9 Å². The van der Waals surface area contributed by atoms with Gasteiger partial charge in [-0.1, -0.05) is 19.9 Å². The van der Waals surface area contributed by atoms with Crippen LogP contribution in [0.5, 0.6) is 0 Å². The van der Waals surface area contributed by atoms with E-state index in [-0.39, 0.29) is 23.4 Å². The third-order valence-electron chi connectivity index (χ3n) is 4.42. The van der Waals surface area contributed by atoms with Crippen LogP contribution in [0, 0.1) is 11.8 Å². The fraction of sp³-hybridized carbons (Fsp3) is 0.556. The predicted octanol–water partition coefficient (Wildman–Crippen LogP) is 1.95. The molecule has 1 aromatic carbocycles. The molecule has 1 heterocycles. The summed E-state index contributed by atoms with van der Waals surface area (Å²) >= 11 is 0. The van der Waals surface area contributed by atoms with Gasteiger partial charge in [-0.25, -0.2) is 8.42 Å². The van der Waals surface area contributed by atoms with Crippen molar-refractivity contribution in [1.29, 1.82) is 0 Å². The zero-order valence-electron chi connectivity index (χ0n) is 15.1. The summed E-state index contributed by atoms with van der Waals surface area (Å²) in [6.07, 6.45) is 1.30. The lowest BCUT2D eigenvalue weighted by Crippen LogP contribution is -2.42. The molecule has 2 N–H and O–H groups in total. The van der Waals surface area contributed by atoms with Crippen molar-refractivity contribution < 1.29 is 23.1 Å². The van der Waals surface area contributed by atoms with Crippen LogP contribution in [0.25, 0.3) is 0 Å².